The molecule has 204 valence electrons. The molecule has 0 radical (unpaired) electrons. The lowest BCUT2D eigenvalue weighted by Gasteiger charge is -2.32. The summed E-state index contributed by atoms with van der Waals surface area (Å²) in [5.74, 6) is 0.484. The van der Waals surface area contributed by atoms with Crippen LogP contribution in [0.5, 0.6) is 0 Å². The third kappa shape index (κ3) is 8.15. The number of H-pyrrole nitrogens is 1. The van der Waals surface area contributed by atoms with Crippen LogP contribution in [0.1, 0.15) is 59.9 Å². The van der Waals surface area contributed by atoms with E-state index in [0.717, 1.165) is 46.5 Å². The zero-order valence-corrected chi connectivity index (χ0v) is 23.9. The molecule has 0 aliphatic rings. The summed E-state index contributed by atoms with van der Waals surface area (Å²) in [6.07, 6.45) is 8.89. The fourth-order valence-corrected chi connectivity index (χ4v) is 4.31. The molecule has 38 heavy (non-hydrogen) atoms. The van der Waals surface area contributed by atoms with Gasteiger partial charge in [-0.25, -0.2) is 15.4 Å². The number of carbonyl (C=O) groups is 1. The normalized spacial score (nSPS) is 12.8. The van der Waals surface area contributed by atoms with Gasteiger partial charge in [0.25, 0.3) is 0 Å². The van der Waals surface area contributed by atoms with Crippen LogP contribution < -0.4 is 10.8 Å². The molecule has 1 amide bonds. The quantitative estimate of drug-likeness (QED) is 0.128. The Labute approximate surface area is 227 Å². The number of benzene rings is 1. The molecule has 2 aromatic heterocycles. The van der Waals surface area contributed by atoms with Gasteiger partial charge in [0.1, 0.15) is 17.8 Å². The number of nitrogens with zero attached hydrogens (tertiary/aromatic N) is 2. The van der Waals surface area contributed by atoms with E-state index in [1.807, 2.05) is 26.0 Å². The highest BCUT2D eigenvalue weighted by molar-refractivity contribution is 5.91. The molecule has 0 aliphatic heterocycles. The van der Waals surface area contributed by atoms with Gasteiger partial charge in [0.15, 0.2) is 0 Å². The fraction of sp³-hybridized carbons (Fsp3) is 0.387. The molecule has 0 saturated heterocycles. The van der Waals surface area contributed by atoms with Crippen molar-refractivity contribution in [2.75, 3.05) is 5.32 Å². The lowest BCUT2D eigenvalue weighted by atomic mass is 9.73. The zero-order valence-electron chi connectivity index (χ0n) is 23.9. The molecule has 1 aromatic carbocycles. The number of aromatic nitrogens is 3. The predicted octanol–water partition coefficient (Wildman–Crippen LogP) is 7.38. The van der Waals surface area contributed by atoms with Crippen molar-refractivity contribution in [1.82, 2.24) is 20.4 Å². The highest BCUT2D eigenvalue weighted by atomic mass is 16.5. The van der Waals surface area contributed by atoms with Gasteiger partial charge < -0.3 is 10.3 Å². The van der Waals surface area contributed by atoms with E-state index in [1.165, 1.54) is 5.56 Å². The Kier molecular flexibility index (Phi) is 10.6. The number of nitrogens with one attached hydrogen (secondary N) is 3. The molecular formula is C31H43N5O2. The van der Waals surface area contributed by atoms with Crippen molar-refractivity contribution < 1.29 is 10.0 Å². The van der Waals surface area contributed by atoms with Crippen LogP contribution >= 0.6 is 0 Å². The van der Waals surface area contributed by atoms with Gasteiger partial charge in [0.05, 0.1) is 5.39 Å². The SMILES string of the molecule is C=C/C=C(\C=C)[C@@H](C)Nc1ncnc2[nH]c(-c3ccc(C)cc3)cc12.CCC(C)(C)CC(C)(C)C(=O)NO. The molecule has 3 aromatic rings. The van der Waals surface area contributed by atoms with Crippen molar-refractivity contribution in [3.05, 3.63) is 79.2 Å². The van der Waals surface area contributed by atoms with Crippen LogP contribution in [-0.2, 0) is 4.79 Å². The van der Waals surface area contributed by atoms with Gasteiger partial charge in [-0.3, -0.25) is 10.0 Å². The maximum atomic E-state index is 11.3. The number of anilines is 1. The first-order chi connectivity index (χ1) is 17.9. The fourth-order valence-electron chi connectivity index (χ4n) is 4.31. The summed E-state index contributed by atoms with van der Waals surface area (Å²) in [5, 5.41) is 12.9. The molecule has 7 nitrogen and oxygen atoms in total. The number of carbonyl (C=O) groups excluding carboxylic acids is 1. The van der Waals surface area contributed by atoms with Crippen molar-refractivity contribution >= 4 is 22.8 Å². The van der Waals surface area contributed by atoms with E-state index in [1.54, 1.807) is 17.9 Å². The van der Waals surface area contributed by atoms with Crippen LogP contribution in [0.15, 0.2) is 73.6 Å². The first-order valence-corrected chi connectivity index (χ1v) is 12.9. The van der Waals surface area contributed by atoms with Gasteiger partial charge in [0.2, 0.25) is 5.91 Å². The summed E-state index contributed by atoms with van der Waals surface area (Å²) in [4.78, 5) is 23.4. The van der Waals surface area contributed by atoms with E-state index >= 15 is 0 Å². The highest BCUT2D eigenvalue weighted by Gasteiger charge is 2.33. The molecule has 0 fully saturated rings. The smallest absolute Gasteiger partial charge is 0.249 e. The summed E-state index contributed by atoms with van der Waals surface area (Å²) in [6, 6.07) is 10.6. The van der Waals surface area contributed by atoms with E-state index in [0.29, 0.717) is 0 Å². The molecule has 2 heterocycles. The van der Waals surface area contributed by atoms with Crippen molar-refractivity contribution in [2.24, 2.45) is 10.8 Å². The molecular weight excluding hydrogens is 474 g/mol. The van der Waals surface area contributed by atoms with Gasteiger partial charge >= 0.3 is 0 Å². The largest absolute Gasteiger partial charge is 0.363 e. The molecule has 1 atom stereocenters. The van der Waals surface area contributed by atoms with Gasteiger partial charge in [-0.05, 0) is 42.9 Å². The minimum Gasteiger partial charge on any atom is -0.363 e. The first-order valence-electron chi connectivity index (χ1n) is 12.9. The third-order valence-electron chi connectivity index (χ3n) is 6.78. The Hall–Kier alpha value is -3.71. The van der Waals surface area contributed by atoms with Crippen LogP contribution in [0.25, 0.3) is 22.3 Å². The molecule has 7 heteroatoms. The van der Waals surface area contributed by atoms with E-state index < -0.39 is 5.41 Å². The maximum Gasteiger partial charge on any atom is 0.249 e. The Morgan fingerprint density at radius 2 is 1.82 bits per heavy atom. The van der Waals surface area contributed by atoms with Crippen LogP contribution in [0.2, 0.25) is 0 Å². The summed E-state index contributed by atoms with van der Waals surface area (Å²) in [5.41, 5.74) is 6.60. The molecule has 0 unspecified atom stereocenters. The van der Waals surface area contributed by atoms with Crippen molar-refractivity contribution in [1.29, 1.82) is 0 Å². The van der Waals surface area contributed by atoms with Gasteiger partial charge in [-0.15, -0.1) is 0 Å². The maximum absolute atomic E-state index is 11.3. The molecule has 0 spiro atoms. The average molecular weight is 518 g/mol. The van der Waals surface area contributed by atoms with Crippen LogP contribution in [-0.4, -0.2) is 32.1 Å². The minimum atomic E-state index is -0.506. The van der Waals surface area contributed by atoms with Crippen LogP contribution in [0.4, 0.5) is 5.82 Å². The Morgan fingerprint density at radius 3 is 2.37 bits per heavy atom. The van der Waals surface area contributed by atoms with E-state index in [2.05, 4.69) is 98.4 Å². The Bertz CT molecular complexity index is 1270. The highest BCUT2D eigenvalue weighted by Crippen LogP contribution is 2.36. The first kappa shape index (κ1) is 30.5. The zero-order chi connectivity index (χ0) is 28.5. The van der Waals surface area contributed by atoms with E-state index in [-0.39, 0.29) is 17.4 Å². The van der Waals surface area contributed by atoms with Crippen molar-refractivity contribution in [3.63, 3.8) is 0 Å². The minimum absolute atomic E-state index is 0.0614. The summed E-state index contributed by atoms with van der Waals surface area (Å²) in [6.45, 7) is 21.8. The Balaban J connectivity index is 0.000000332. The number of aromatic amines is 1. The molecule has 4 N–H and O–H groups in total. The summed E-state index contributed by atoms with van der Waals surface area (Å²) < 4.78 is 0. The van der Waals surface area contributed by atoms with E-state index in [4.69, 9.17) is 5.21 Å². The summed E-state index contributed by atoms with van der Waals surface area (Å²) in [7, 11) is 0. The molecule has 3 rings (SSSR count). The summed E-state index contributed by atoms with van der Waals surface area (Å²) >= 11 is 0. The van der Waals surface area contributed by atoms with Crippen LogP contribution in [0, 0.1) is 17.8 Å². The number of amides is 1. The second-order valence-electron chi connectivity index (χ2n) is 11.0. The van der Waals surface area contributed by atoms with Gasteiger partial charge in [-0.1, -0.05) is 102 Å². The van der Waals surface area contributed by atoms with Crippen molar-refractivity contribution in [2.45, 2.75) is 67.3 Å². The lowest BCUT2D eigenvalue weighted by Crippen LogP contribution is -2.38. The number of allylic oxidation sites excluding steroid dienone is 2. The molecule has 0 bridgehead atoms. The second kappa shape index (κ2) is 13.2. The topological polar surface area (TPSA) is 103 Å². The van der Waals surface area contributed by atoms with E-state index in [9.17, 15) is 4.79 Å². The monoisotopic (exact) mass is 517 g/mol. The number of aryl methyl sites for hydroxylation is 1. The number of hydroxylamine groups is 1. The van der Waals surface area contributed by atoms with Crippen LogP contribution in [0.3, 0.4) is 0 Å². The van der Waals surface area contributed by atoms with Gasteiger partial charge in [-0.2, -0.15) is 0 Å². The number of rotatable bonds is 10. The number of fused-ring (bicyclic) bond motifs is 1. The molecule has 0 saturated carbocycles. The lowest BCUT2D eigenvalue weighted by molar-refractivity contribution is -0.139. The Morgan fingerprint density at radius 1 is 1.16 bits per heavy atom. The predicted molar refractivity (Wildman–Crippen MR) is 158 cm³/mol. The third-order valence-corrected chi connectivity index (χ3v) is 6.78. The number of hydrogen-bond donors (Lipinski definition) is 4. The second-order valence-corrected chi connectivity index (χ2v) is 11.0. The van der Waals surface area contributed by atoms with Gasteiger partial charge in [0, 0.05) is 17.2 Å². The van der Waals surface area contributed by atoms with Crippen molar-refractivity contribution in [3.8, 4) is 11.3 Å². The number of hydrogen-bond acceptors (Lipinski definition) is 5. The standard InChI is InChI=1S/C21H22N4.C10H21NO2/c1-5-7-16(6-2)15(4)24-20-18-12-19(25-21(18)23-13-22-20)17-10-8-14(3)9-11-17;1-6-9(2,3)7-10(4,5)8(12)11-13/h5-13,15H,1-2H2,3-4H3,(H2,22,23,24,25);13H,6-7H2,1-5H3,(H,11,12)/b16-7+;/t15-;/m1./s1. The average Bonchev–Trinajstić information content (AvgIpc) is 3.32. The molecule has 0 aliphatic carbocycles.